The normalized spacial score (nSPS) is 11.0. The standard InChI is InChI=1S/C22H16BrN5/c1-14-19-6-7-27-21(19)5-4-20(14)28-22-16(11-26-12-17(22)9-24)3-2-15-8-18(23)13-25-10-15/h2-8,10-13,27H,1H3,(H,26,28)/b3-2+. The topological polar surface area (TPSA) is 77.4 Å². The maximum absolute atomic E-state index is 9.58. The van der Waals surface area contributed by atoms with E-state index in [9.17, 15) is 5.26 Å². The first kappa shape index (κ1) is 18.0. The van der Waals surface area contributed by atoms with Gasteiger partial charge < -0.3 is 10.3 Å². The number of aromatic nitrogens is 3. The minimum atomic E-state index is 0.489. The summed E-state index contributed by atoms with van der Waals surface area (Å²) >= 11 is 3.43. The molecule has 0 aliphatic heterocycles. The molecule has 0 bridgehead atoms. The van der Waals surface area contributed by atoms with Crippen molar-refractivity contribution in [3.8, 4) is 6.07 Å². The van der Waals surface area contributed by atoms with E-state index in [1.165, 1.54) is 0 Å². The summed E-state index contributed by atoms with van der Waals surface area (Å²) in [5.41, 5.74) is 6.15. The molecule has 0 unspecified atom stereocenters. The number of aromatic amines is 1. The van der Waals surface area contributed by atoms with Crippen molar-refractivity contribution in [1.82, 2.24) is 15.0 Å². The summed E-state index contributed by atoms with van der Waals surface area (Å²) in [7, 11) is 0. The number of H-pyrrole nitrogens is 1. The van der Waals surface area contributed by atoms with Gasteiger partial charge in [0.2, 0.25) is 0 Å². The lowest BCUT2D eigenvalue weighted by Gasteiger charge is -2.14. The Kier molecular flexibility index (Phi) is 4.92. The fourth-order valence-electron chi connectivity index (χ4n) is 3.09. The molecule has 2 N–H and O–H groups in total. The van der Waals surface area contributed by atoms with Gasteiger partial charge in [-0.1, -0.05) is 12.2 Å². The zero-order valence-electron chi connectivity index (χ0n) is 15.1. The number of pyridine rings is 2. The number of nitriles is 1. The number of anilines is 2. The van der Waals surface area contributed by atoms with Crippen LogP contribution in [0.2, 0.25) is 0 Å². The van der Waals surface area contributed by atoms with Gasteiger partial charge >= 0.3 is 0 Å². The van der Waals surface area contributed by atoms with E-state index in [-0.39, 0.29) is 0 Å². The van der Waals surface area contributed by atoms with Gasteiger partial charge in [0.05, 0.1) is 11.3 Å². The highest BCUT2D eigenvalue weighted by Crippen LogP contribution is 2.31. The third-order valence-corrected chi connectivity index (χ3v) is 4.97. The quantitative estimate of drug-likeness (QED) is 0.428. The van der Waals surface area contributed by atoms with Crippen molar-refractivity contribution in [2.45, 2.75) is 6.92 Å². The second-order valence-electron chi connectivity index (χ2n) is 6.33. The molecule has 6 heteroatoms. The van der Waals surface area contributed by atoms with Crippen LogP contribution in [-0.4, -0.2) is 15.0 Å². The molecule has 0 aliphatic carbocycles. The van der Waals surface area contributed by atoms with E-state index in [2.05, 4.69) is 55.3 Å². The Labute approximate surface area is 170 Å². The molecule has 0 saturated carbocycles. The number of hydrogen-bond acceptors (Lipinski definition) is 4. The highest BCUT2D eigenvalue weighted by molar-refractivity contribution is 9.10. The van der Waals surface area contributed by atoms with Crippen molar-refractivity contribution < 1.29 is 0 Å². The minimum Gasteiger partial charge on any atom is -0.361 e. The Morgan fingerprint density at radius 3 is 2.79 bits per heavy atom. The van der Waals surface area contributed by atoms with Gasteiger partial charge in [0.25, 0.3) is 0 Å². The Hall–Kier alpha value is -3.43. The summed E-state index contributed by atoms with van der Waals surface area (Å²) in [4.78, 5) is 11.6. The molecule has 4 rings (SSSR count). The first-order valence-electron chi connectivity index (χ1n) is 8.66. The second-order valence-corrected chi connectivity index (χ2v) is 7.25. The highest BCUT2D eigenvalue weighted by atomic mass is 79.9. The molecule has 3 aromatic heterocycles. The molecule has 4 aromatic rings. The number of hydrogen-bond donors (Lipinski definition) is 2. The number of aryl methyl sites for hydroxylation is 1. The summed E-state index contributed by atoms with van der Waals surface area (Å²) in [5.74, 6) is 0. The molecule has 1 aromatic carbocycles. The molecule has 0 atom stereocenters. The number of nitrogens with one attached hydrogen (secondary N) is 2. The molecule has 136 valence electrons. The SMILES string of the molecule is Cc1c(Nc2c(C#N)cncc2/C=C/c2cncc(Br)c2)ccc2[nH]ccc12. The number of benzene rings is 1. The van der Waals surface area contributed by atoms with Gasteiger partial charge in [0.1, 0.15) is 6.07 Å². The summed E-state index contributed by atoms with van der Waals surface area (Å²) in [6, 6.07) is 10.3. The third kappa shape index (κ3) is 3.53. The van der Waals surface area contributed by atoms with Crippen molar-refractivity contribution in [3.63, 3.8) is 0 Å². The van der Waals surface area contributed by atoms with Gasteiger partial charge in [-0.15, -0.1) is 0 Å². The Morgan fingerprint density at radius 2 is 1.96 bits per heavy atom. The van der Waals surface area contributed by atoms with E-state index in [0.29, 0.717) is 5.56 Å². The Morgan fingerprint density at radius 1 is 1.11 bits per heavy atom. The average Bonchev–Trinajstić information content (AvgIpc) is 3.19. The Bertz CT molecular complexity index is 1230. The molecule has 0 radical (unpaired) electrons. The van der Waals surface area contributed by atoms with Gasteiger partial charge in [-0.05, 0) is 58.2 Å². The van der Waals surface area contributed by atoms with Crippen LogP contribution in [0.25, 0.3) is 23.1 Å². The van der Waals surface area contributed by atoms with Crippen LogP contribution in [0, 0.1) is 18.3 Å². The summed E-state index contributed by atoms with van der Waals surface area (Å²) in [6.07, 6.45) is 12.6. The molecular formula is C22H16BrN5. The fourth-order valence-corrected chi connectivity index (χ4v) is 3.47. The number of nitrogens with zero attached hydrogens (tertiary/aromatic N) is 3. The van der Waals surface area contributed by atoms with Crippen molar-refractivity contribution in [2.24, 2.45) is 0 Å². The van der Waals surface area contributed by atoms with E-state index in [1.54, 1.807) is 24.8 Å². The second kappa shape index (κ2) is 7.67. The van der Waals surface area contributed by atoms with Gasteiger partial charge in [0, 0.05) is 57.6 Å². The summed E-state index contributed by atoms with van der Waals surface area (Å²) in [5, 5.41) is 14.2. The van der Waals surface area contributed by atoms with E-state index >= 15 is 0 Å². The van der Waals surface area contributed by atoms with Gasteiger partial charge in [-0.3, -0.25) is 9.97 Å². The lowest BCUT2D eigenvalue weighted by Crippen LogP contribution is -1.99. The molecule has 5 nitrogen and oxygen atoms in total. The van der Waals surface area contributed by atoms with E-state index in [4.69, 9.17) is 0 Å². The molecule has 0 fully saturated rings. The van der Waals surface area contributed by atoms with E-state index in [0.717, 1.165) is 43.4 Å². The van der Waals surface area contributed by atoms with Crippen molar-refractivity contribution in [2.75, 3.05) is 5.32 Å². The van der Waals surface area contributed by atoms with Crippen molar-refractivity contribution in [3.05, 3.63) is 82.0 Å². The number of halogens is 1. The van der Waals surface area contributed by atoms with Gasteiger partial charge in [-0.25, -0.2) is 0 Å². The lowest BCUT2D eigenvalue weighted by molar-refractivity contribution is 1.28. The summed E-state index contributed by atoms with van der Waals surface area (Å²) in [6.45, 7) is 2.06. The molecule has 0 spiro atoms. The van der Waals surface area contributed by atoms with Crippen LogP contribution in [-0.2, 0) is 0 Å². The monoisotopic (exact) mass is 429 g/mol. The molecule has 0 saturated heterocycles. The molecule has 0 aliphatic rings. The molecule has 28 heavy (non-hydrogen) atoms. The maximum atomic E-state index is 9.58. The average molecular weight is 430 g/mol. The van der Waals surface area contributed by atoms with Gasteiger partial charge in [0.15, 0.2) is 0 Å². The minimum absolute atomic E-state index is 0.489. The van der Waals surface area contributed by atoms with Crippen LogP contribution in [0.4, 0.5) is 11.4 Å². The van der Waals surface area contributed by atoms with Crippen LogP contribution < -0.4 is 5.32 Å². The maximum Gasteiger partial charge on any atom is 0.103 e. The van der Waals surface area contributed by atoms with Crippen LogP contribution in [0.5, 0.6) is 0 Å². The van der Waals surface area contributed by atoms with Crippen LogP contribution in [0.3, 0.4) is 0 Å². The largest absolute Gasteiger partial charge is 0.361 e. The highest BCUT2D eigenvalue weighted by Gasteiger charge is 2.11. The lowest BCUT2D eigenvalue weighted by atomic mass is 10.1. The molecule has 0 amide bonds. The molecule has 3 heterocycles. The van der Waals surface area contributed by atoms with E-state index in [1.807, 2.05) is 36.5 Å². The predicted molar refractivity (Wildman–Crippen MR) is 116 cm³/mol. The van der Waals surface area contributed by atoms with Crippen LogP contribution in [0.1, 0.15) is 22.3 Å². The van der Waals surface area contributed by atoms with Crippen molar-refractivity contribution in [1.29, 1.82) is 5.26 Å². The van der Waals surface area contributed by atoms with Crippen LogP contribution >= 0.6 is 15.9 Å². The fraction of sp³-hybridized carbons (Fsp3) is 0.0455. The first-order chi connectivity index (χ1) is 13.7. The van der Waals surface area contributed by atoms with Crippen LogP contribution in [0.15, 0.2) is 59.7 Å². The predicted octanol–water partition coefficient (Wildman–Crippen LogP) is 5.81. The summed E-state index contributed by atoms with van der Waals surface area (Å²) < 4.78 is 0.910. The van der Waals surface area contributed by atoms with E-state index < -0.39 is 0 Å². The Balaban J connectivity index is 1.75. The number of fused-ring (bicyclic) bond motifs is 1. The van der Waals surface area contributed by atoms with Gasteiger partial charge in [-0.2, -0.15) is 5.26 Å². The zero-order chi connectivity index (χ0) is 19.5. The number of rotatable bonds is 4. The zero-order valence-corrected chi connectivity index (χ0v) is 16.7. The first-order valence-corrected chi connectivity index (χ1v) is 9.45. The smallest absolute Gasteiger partial charge is 0.103 e. The molecular weight excluding hydrogens is 414 g/mol. The third-order valence-electron chi connectivity index (χ3n) is 4.54. The van der Waals surface area contributed by atoms with Crippen molar-refractivity contribution >= 4 is 50.4 Å².